The third kappa shape index (κ3) is 4.44. The van der Waals surface area contributed by atoms with Gasteiger partial charge in [-0.15, -0.1) is 0 Å². The van der Waals surface area contributed by atoms with Crippen LogP contribution in [0.25, 0.3) is 0 Å². The molecule has 1 aromatic rings. The predicted octanol–water partition coefficient (Wildman–Crippen LogP) is 2.33. The van der Waals surface area contributed by atoms with E-state index in [4.69, 9.17) is 5.73 Å². The summed E-state index contributed by atoms with van der Waals surface area (Å²) in [4.78, 5) is 25.4. The first-order chi connectivity index (χ1) is 10.6. The molecule has 1 aliphatic heterocycles. The third-order valence-corrected chi connectivity index (χ3v) is 3.93. The molecule has 3 amide bonds. The lowest BCUT2D eigenvalue weighted by molar-refractivity contribution is -0.131. The SMILES string of the molecule is NC(=O)N[C@@H](CC(=O)N1CCCCCC1)c1ccccc1F. The molecule has 0 saturated carbocycles. The monoisotopic (exact) mass is 307 g/mol. The number of carbonyl (C=O) groups is 2. The van der Waals surface area contributed by atoms with Gasteiger partial charge in [0.25, 0.3) is 0 Å². The Kier molecular flexibility index (Phi) is 5.75. The van der Waals surface area contributed by atoms with E-state index in [1.165, 1.54) is 6.07 Å². The lowest BCUT2D eigenvalue weighted by atomic mass is 10.0. The maximum atomic E-state index is 13.9. The Labute approximate surface area is 129 Å². The number of primary amides is 1. The minimum atomic E-state index is -0.767. The number of halogens is 1. The molecule has 6 heteroatoms. The van der Waals surface area contributed by atoms with E-state index in [-0.39, 0.29) is 17.9 Å². The second-order valence-electron chi connectivity index (χ2n) is 5.58. The zero-order chi connectivity index (χ0) is 15.9. The lowest BCUT2D eigenvalue weighted by Crippen LogP contribution is -2.39. The molecule has 3 N–H and O–H groups in total. The van der Waals surface area contributed by atoms with Gasteiger partial charge in [0.15, 0.2) is 0 Å². The minimum Gasteiger partial charge on any atom is -0.352 e. The normalized spacial score (nSPS) is 16.7. The summed E-state index contributed by atoms with van der Waals surface area (Å²) < 4.78 is 13.9. The van der Waals surface area contributed by atoms with E-state index in [1.54, 1.807) is 23.1 Å². The number of hydrogen-bond donors (Lipinski definition) is 2. The van der Waals surface area contributed by atoms with E-state index < -0.39 is 17.9 Å². The Morgan fingerprint density at radius 2 is 1.82 bits per heavy atom. The number of urea groups is 1. The molecule has 1 fully saturated rings. The molecule has 1 saturated heterocycles. The summed E-state index contributed by atoms with van der Waals surface area (Å²) in [5.41, 5.74) is 5.44. The van der Waals surface area contributed by atoms with Crippen molar-refractivity contribution in [2.24, 2.45) is 5.73 Å². The van der Waals surface area contributed by atoms with Gasteiger partial charge in [0.1, 0.15) is 5.82 Å². The van der Waals surface area contributed by atoms with Gasteiger partial charge in [0.05, 0.1) is 12.5 Å². The van der Waals surface area contributed by atoms with Crippen LogP contribution in [0.2, 0.25) is 0 Å². The van der Waals surface area contributed by atoms with Crippen LogP contribution in [0.4, 0.5) is 9.18 Å². The minimum absolute atomic E-state index is 0.0177. The number of nitrogens with two attached hydrogens (primary N) is 1. The van der Waals surface area contributed by atoms with Crippen molar-refractivity contribution in [3.63, 3.8) is 0 Å². The maximum Gasteiger partial charge on any atom is 0.312 e. The topological polar surface area (TPSA) is 75.4 Å². The summed E-state index contributed by atoms with van der Waals surface area (Å²) in [7, 11) is 0. The molecule has 5 nitrogen and oxygen atoms in total. The molecular formula is C16H22FN3O2. The highest BCUT2D eigenvalue weighted by Crippen LogP contribution is 2.22. The third-order valence-electron chi connectivity index (χ3n) is 3.93. The van der Waals surface area contributed by atoms with Crippen molar-refractivity contribution in [1.29, 1.82) is 0 Å². The molecule has 0 unspecified atom stereocenters. The first-order valence-electron chi connectivity index (χ1n) is 7.66. The summed E-state index contributed by atoms with van der Waals surface area (Å²) in [6.45, 7) is 1.44. The van der Waals surface area contributed by atoms with Gasteiger partial charge in [0, 0.05) is 18.7 Å². The van der Waals surface area contributed by atoms with Crippen LogP contribution in [-0.4, -0.2) is 29.9 Å². The molecule has 22 heavy (non-hydrogen) atoms. The molecule has 1 atom stereocenters. The van der Waals surface area contributed by atoms with Crippen LogP contribution in [0.5, 0.6) is 0 Å². The molecule has 0 bridgehead atoms. The van der Waals surface area contributed by atoms with Gasteiger partial charge in [-0.1, -0.05) is 31.0 Å². The maximum absolute atomic E-state index is 13.9. The standard InChI is InChI=1S/C16H22FN3O2/c17-13-8-4-3-7-12(13)14(19-16(18)22)11-15(21)20-9-5-1-2-6-10-20/h3-4,7-8,14H,1-2,5-6,9-11H2,(H3,18,19,22)/t14-/m0/s1. The summed E-state index contributed by atoms with van der Waals surface area (Å²) in [5, 5.41) is 2.47. The van der Waals surface area contributed by atoms with Gasteiger partial charge in [0.2, 0.25) is 5.91 Å². The van der Waals surface area contributed by atoms with Crippen LogP contribution in [0, 0.1) is 5.82 Å². The largest absolute Gasteiger partial charge is 0.352 e. The van der Waals surface area contributed by atoms with Crippen molar-refractivity contribution < 1.29 is 14.0 Å². The smallest absolute Gasteiger partial charge is 0.312 e. The van der Waals surface area contributed by atoms with Gasteiger partial charge >= 0.3 is 6.03 Å². The fourth-order valence-corrected chi connectivity index (χ4v) is 2.79. The molecule has 0 aliphatic carbocycles. The van der Waals surface area contributed by atoms with Crippen LogP contribution in [0.3, 0.4) is 0 Å². The van der Waals surface area contributed by atoms with Gasteiger partial charge in [-0.05, 0) is 18.9 Å². The first kappa shape index (κ1) is 16.3. The average Bonchev–Trinajstić information content (AvgIpc) is 2.75. The zero-order valence-electron chi connectivity index (χ0n) is 12.6. The van der Waals surface area contributed by atoms with Crippen molar-refractivity contribution in [1.82, 2.24) is 10.2 Å². The van der Waals surface area contributed by atoms with Crippen molar-refractivity contribution in [3.05, 3.63) is 35.6 Å². The van der Waals surface area contributed by atoms with Crippen molar-refractivity contribution >= 4 is 11.9 Å². The second-order valence-corrected chi connectivity index (χ2v) is 5.58. The van der Waals surface area contributed by atoms with Gasteiger partial charge in [-0.25, -0.2) is 9.18 Å². The fourth-order valence-electron chi connectivity index (χ4n) is 2.79. The Hall–Kier alpha value is -2.11. The van der Waals surface area contributed by atoms with Crippen molar-refractivity contribution in [3.8, 4) is 0 Å². The Bertz CT molecular complexity index is 528. The summed E-state index contributed by atoms with van der Waals surface area (Å²) >= 11 is 0. The van der Waals surface area contributed by atoms with Crippen molar-refractivity contribution in [2.45, 2.75) is 38.1 Å². The van der Waals surface area contributed by atoms with Crippen molar-refractivity contribution in [2.75, 3.05) is 13.1 Å². The Balaban J connectivity index is 2.10. The van der Waals surface area contributed by atoms with E-state index >= 15 is 0 Å². The molecular weight excluding hydrogens is 285 g/mol. The van der Waals surface area contributed by atoms with Crippen LogP contribution in [-0.2, 0) is 4.79 Å². The quantitative estimate of drug-likeness (QED) is 0.895. The van der Waals surface area contributed by atoms with Crippen LogP contribution >= 0.6 is 0 Å². The summed E-state index contributed by atoms with van der Waals surface area (Å²) in [6, 6.07) is 4.60. The molecule has 1 heterocycles. The lowest BCUT2D eigenvalue weighted by Gasteiger charge is -2.24. The fraction of sp³-hybridized carbons (Fsp3) is 0.500. The Morgan fingerprint density at radius 3 is 2.41 bits per heavy atom. The van der Waals surface area contributed by atoms with E-state index in [1.807, 2.05) is 0 Å². The highest BCUT2D eigenvalue weighted by atomic mass is 19.1. The number of rotatable bonds is 4. The second kappa shape index (κ2) is 7.77. The zero-order valence-corrected chi connectivity index (χ0v) is 12.6. The molecule has 120 valence electrons. The number of nitrogens with one attached hydrogen (secondary N) is 1. The molecule has 0 aromatic heterocycles. The molecule has 2 rings (SSSR count). The molecule has 1 aliphatic rings. The predicted molar refractivity (Wildman–Crippen MR) is 81.5 cm³/mol. The molecule has 0 spiro atoms. The van der Waals surface area contributed by atoms with E-state index in [2.05, 4.69) is 5.32 Å². The van der Waals surface area contributed by atoms with Crippen LogP contribution in [0.1, 0.15) is 43.7 Å². The van der Waals surface area contributed by atoms with Gasteiger partial charge in [-0.3, -0.25) is 4.79 Å². The number of amides is 3. The highest BCUT2D eigenvalue weighted by molar-refractivity contribution is 5.79. The summed E-state index contributed by atoms with van der Waals surface area (Å²) in [6.07, 6.45) is 4.24. The number of nitrogens with zero attached hydrogens (tertiary/aromatic N) is 1. The van der Waals surface area contributed by atoms with Gasteiger partial charge in [-0.2, -0.15) is 0 Å². The number of benzene rings is 1. The van der Waals surface area contributed by atoms with E-state index in [0.717, 1.165) is 38.8 Å². The first-order valence-corrected chi connectivity index (χ1v) is 7.66. The van der Waals surface area contributed by atoms with Gasteiger partial charge < -0.3 is 16.0 Å². The Morgan fingerprint density at radius 1 is 1.18 bits per heavy atom. The van der Waals surface area contributed by atoms with E-state index in [9.17, 15) is 14.0 Å². The van der Waals surface area contributed by atoms with E-state index in [0.29, 0.717) is 0 Å². The van der Waals surface area contributed by atoms with Crippen LogP contribution in [0.15, 0.2) is 24.3 Å². The summed E-state index contributed by atoms with van der Waals surface area (Å²) in [5.74, 6) is -0.534. The van der Waals surface area contributed by atoms with Crippen LogP contribution < -0.4 is 11.1 Å². The number of carbonyl (C=O) groups excluding carboxylic acids is 2. The molecule has 0 radical (unpaired) electrons. The number of likely N-dealkylation sites (tertiary alicyclic amines) is 1. The molecule has 1 aromatic carbocycles. The average molecular weight is 307 g/mol. The highest BCUT2D eigenvalue weighted by Gasteiger charge is 2.24. The number of hydrogen-bond acceptors (Lipinski definition) is 2.